The van der Waals surface area contributed by atoms with Crippen LogP contribution in [0.5, 0.6) is 0 Å². The molecule has 0 radical (unpaired) electrons. The van der Waals surface area contributed by atoms with Crippen molar-refractivity contribution in [1.82, 2.24) is 0 Å². The van der Waals surface area contributed by atoms with Crippen LogP contribution in [-0.4, -0.2) is 0 Å². The smallest absolute Gasteiger partial charge is 0.336 e. The van der Waals surface area contributed by atoms with Crippen LogP contribution in [0.2, 0.25) is 5.02 Å². The molecule has 0 unspecified atom stereocenters. The van der Waals surface area contributed by atoms with Crippen molar-refractivity contribution in [2.75, 3.05) is 0 Å². The molecular formula is C10H7ClO2. The fourth-order valence-corrected chi connectivity index (χ4v) is 1.46. The van der Waals surface area contributed by atoms with Gasteiger partial charge in [0, 0.05) is 22.5 Å². The lowest BCUT2D eigenvalue weighted by atomic mass is 10.1. The fourth-order valence-electron chi connectivity index (χ4n) is 1.30. The van der Waals surface area contributed by atoms with Crippen molar-refractivity contribution in [1.29, 1.82) is 0 Å². The predicted molar refractivity (Wildman–Crippen MR) is 52.2 cm³/mol. The average Bonchev–Trinajstić information content (AvgIpc) is 2.02. The molecule has 66 valence electrons. The number of rotatable bonds is 0. The number of halogens is 1. The van der Waals surface area contributed by atoms with Gasteiger partial charge in [-0.2, -0.15) is 0 Å². The molecule has 0 spiro atoms. The molecule has 0 fully saturated rings. The summed E-state index contributed by atoms with van der Waals surface area (Å²) < 4.78 is 4.98. The second-order valence-corrected chi connectivity index (χ2v) is 3.33. The van der Waals surface area contributed by atoms with Gasteiger partial charge >= 0.3 is 5.63 Å². The lowest BCUT2D eigenvalue weighted by molar-refractivity contribution is 0.560. The van der Waals surface area contributed by atoms with Crippen LogP contribution in [0.4, 0.5) is 0 Å². The largest absolute Gasteiger partial charge is 0.423 e. The van der Waals surface area contributed by atoms with E-state index in [9.17, 15) is 4.79 Å². The second kappa shape index (κ2) is 2.89. The van der Waals surface area contributed by atoms with E-state index in [1.165, 1.54) is 6.07 Å². The highest BCUT2D eigenvalue weighted by atomic mass is 35.5. The van der Waals surface area contributed by atoms with Gasteiger partial charge < -0.3 is 4.42 Å². The number of hydrogen-bond donors (Lipinski definition) is 0. The Balaban J connectivity index is 2.94. The Morgan fingerprint density at radius 3 is 2.85 bits per heavy atom. The van der Waals surface area contributed by atoms with E-state index in [0.717, 1.165) is 10.9 Å². The summed E-state index contributed by atoms with van der Waals surface area (Å²) in [6.45, 7) is 1.87. The minimum absolute atomic E-state index is 0.340. The maximum Gasteiger partial charge on any atom is 0.336 e. The third-order valence-corrected chi connectivity index (χ3v) is 2.15. The molecule has 3 heteroatoms. The lowest BCUT2D eigenvalue weighted by Crippen LogP contribution is -1.97. The molecule has 2 aromatic rings. The maximum atomic E-state index is 11.0. The highest BCUT2D eigenvalue weighted by Gasteiger charge is 2.01. The first-order chi connectivity index (χ1) is 6.16. The quantitative estimate of drug-likeness (QED) is 0.604. The van der Waals surface area contributed by atoms with E-state index in [1.54, 1.807) is 12.1 Å². The molecule has 0 aliphatic rings. The standard InChI is InChI=1S/C10H7ClO2/c1-6-4-10(12)13-9-5-7(11)2-3-8(6)9/h2-5H,1H3. The minimum Gasteiger partial charge on any atom is -0.423 e. The van der Waals surface area contributed by atoms with Crippen LogP contribution in [-0.2, 0) is 0 Å². The van der Waals surface area contributed by atoms with Gasteiger partial charge in [-0.05, 0) is 24.6 Å². The summed E-state index contributed by atoms with van der Waals surface area (Å²) in [6, 6.07) is 6.73. The van der Waals surface area contributed by atoms with Crippen LogP contribution >= 0.6 is 11.6 Å². The van der Waals surface area contributed by atoms with E-state index in [-0.39, 0.29) is 5.63 Å². The van der Waals surface area contributed by atoms with Gasteiger partial charge in [0.2, 0.25) is 0 Å². The van der Waals surface area contributed by atoms with E-state index < -0.39 is 0 Å². The zero-order chi connectivity index (χ0) is 9.42. The van der Waals surface area contributed by atoms with Crippen molar-refractivity contribution in [3.63, 3.8) is 0 Å². The SMILES string of the molecule is Cc1cc(=O)oc2cc(Cl)ccc12. The average molecular weight is 195 g/mol. The van der Waals surface area contributed by atoms with Crippen LogP contribution < -0.4 is 5.63 Å². The number of fused-ring (bicyclic) bond motifs is 1. The fraction of sp³-hybridized carbons (Fsp3) is 0.100. The van der Waals surface area contributed by atoms with Crippen LogP contribution in [0, 0.1) is 6.92 Å². The van der Waals surface area contributed by atoms with Gasteiger partial charge in [-0.25, -0.2) is 4.79 Å². The summed E-state index contributed by atoms with van der Waals surface area (Å²) in [6.07, 6.45) is 0. The van der Waals surface area contributed by atoms with E-state index in [0.29, 0.717) is 10.6 Å². The van der Waals surface area contributed by atoms with E-state index in [2.05, 4.69) is 0 Å². The molecule has 1 aromatic heterocycles. The first-order valence-electron chi connectivity index (χ1n) is 3.87. The summed E-state index contributed by atoms with van der Waals surface area (Å²) in [5, 5.41) is 1.49. The predicted octanol–water partition coefficient (Wildman–Crippen LogP) is 2.75. The van der Waals surface area contributed by atoms with Crippen molar-refractivity contribution in [3.8, 4) is 0 Å². The Morgan fingerprint density at radius 2 is 2.08 bits per heavy atom. The Bertz CT molecular complexity index is 514. The third kappa shape index (κ3) is 1.45. The van der Waals surface area contributed by atoms with E-state index >= 15 is 0 Å². The molecule has 0 aliphatic heterocycles. The van der Waals surface area contributed by atoms with E-state index in [1.807, 2.05) is 13.0 Å². The molecule has 1 heterocycles. The molecule has 0 saturated carbocycles. The highest BCUT2D eigenvalue weighted by Crippen LogP contribution is 2.20. The highest BCUT2D eigenvalue weighted by molar-refractivity contribution is 6.31. The van der Waals surface area contributed by atoms with Gasteiger partial charge in [-0.15, -0.1) is 0 Å². The van der Waals surface area contributed by atoms with Crippen molar-refractivity contribution in [3.05, 3.63) is 45.3 Å². The normalized spacial score (nSPS) is 10.6. The molecule has 0 bridgehead atoms. The van der Waals surface area contributed by atoms with Gasteiger partial charge in [-0.1, -0.05) is 11.6 Å². The van der Waals surface area contributed by atoms with Gasteiger partial charge in [0.1, 0.15) is 5.58 Å². The van der Waals surface area contributed by atoms with Gasteiger partial charge in [-0.3, -0.25) is 0 Å². The number of aryl methyl sites for hydroxylation is 1. The zero-order valence-electron chi connectivity index (χ0n) is 7.00. The molecule has 1 aromatic carbocycles. The topological polar surface area (TPSA) is 30.2 Å². The van der Waals surface area contributed by atoms with Crippen LogP contribution in [0.25, 0.3) is 11.0 Å². The van der Waals surface area contributed by atoms with Crippen molar-refractivity contribution >= 4 is 22.6 Å². The van der Waals surface area contributed by atoms with Crippen LogP contribution in [0.15, 0.2) is 33.5 Å². The number of hydrogen-bond acceptors (Lipinski definition) is 2. The first-order valence-corrected chi connectivity index (χ1v) is 4.24. The van der Waals surface area contributed by atoms with Crippen molar-refractivity contribution in [2.24, 2.45) is 0 Å². The minimum atomic E-state index is -0.340. The zero-order valence-corrected chi connectivity index (χ0v) is 7.76. The molecule has 2 rings (SSSR count). The van der Waals surface area contributed by atoms with Crippen molar-refractivity contribution in [2.45, 2.75) is 6.92 Å². The van der Waals surface area contributed by atoms with Crippen molar-refractivity contribution < 1.29 is 4.42 Å². The van der Waals surface area contributed by atoms with Crippen LogP contribution in [0.1, 0.15) is 5.56 Å². The second-order valence-electron chi connectivity index (χ2n) is 2.89. The third-order valence-electron chi connectivity index (χ3n) is 1.91. The molecule has 0 atom stereocenters. The summed E-state index contributed by atoms with van der Waals surface area (Å²) in [4.78, 5) is 11.0. The molecule has 0 saturated heterocycles. The summed E-state index contributed by atoms with van der Waals surface area (Å²) >= 11 is 5.76. The monoisotopic (exact) mass is 194 g/mol. The van der Waals surface area contributed by atoms with Gasteiger partial charge in [0.15, 0.2) is 0 Å². The lowest BCUT2D eigenvalue weighted by Gasteiger charge is -1.99. The maximum absolute atomic E-state index is 11.0. The molecule has 13 heavy (non-hydrogen) atoms. The van der Waals surface area contributed by atoms with Gasteiger partial charge in [0.05, 0.1) is 0 Å². The Morgan fingerprint density at radius 1 is 1.31 bits per heavy atom. The Labute approximate surface area is 79.7 Å². The molecule has 0 amide bonds. The Hall–Kier alpha value is -1.28. The van der Waals surface area contributed by atoms with E-state index in [4.69, 9.17) is 16.0 Å². The summed E-state index contributed by atoms with van der Waals surface area (Å²) in [7, 11) is 0. The number of benzene rings is 1. The summed E-state index contributed by atoms with van der Waals surface area (Å²) in [5.74, 6) is 0. The molecule has 2 nitrogen and oxygen atoms in total. The first kappa shape index (κ1) is 8.32. The Kier molecular flexibility index (Phi) is 1.85. The molecule has 0 aliphatic carbocycles. The molecule has 0 N–H and O–H groups in total. The molecular weight excluding hydrogens is 188 g/mol. The summed E-state index contributed by atoms with van der Waals surface area (Å²) in [5.41, 5.74) is 1.10. The van der Waals surface area contributed by atoms with Crippen LogP contribution in [0.3, 0.4) is 0 Å². The van der Waals surface area contributed by atoms with Gasteiger partial charge in [0.25, 0.3) is 0 Å².